The molecular weight excluding hydrogens is 278 g/mol. The Hall–Kier alpha value is -1.67. The van der Waals surface area contributed by atoms with Gasteiger partial charge in [0.05, 0.1) is 0 Å². The van der Waals surface area contributed by atoms with Gasteiger partial charge in [-0.2, -0.15) is 0 Å². The van der Waals surface area contributed by atoms with Crippen LogP contribution in [0.25, 0.3) is 0 Å². The Labute approximate surface area is 123 Å². The van der Waals surface area contributed by atoms with Gasteiger partial charge < -0.3 is 14.7 Å². The molecule has 2 N–H and O–H groups in total. The first-order valence-electron chi connectivity index (χ1n) is 7.07. The van der Waals surface area contributed by atoms with Gasteiger partial charge in [-0.05, 0) is 26.3 Å². The summed E-state index contributed by atoms with van der Waals surface area (Å²) in [5.74, 6) is -1.77. The number of imide groups is 1. The minimum atomic E-state index is -1.15. The van der Waals surface area contributed by atoms with Crippen LogP contribution in [-0.4, -0.2) is 78.2 Å². The van der Waals surface area contributed by atoms with Crippen molar-refractivity contribution in [2.24, 2.45) is 0 Å². The third-order valence-corrected chi connectivity index (χ3v) is 4.14. The zero-order valence-electron chi connectivity index (χ0n) is 12.1. The molecule has 2 unspecified atom stereocenters. The number of rotatable bonds is 4. The molecule has 2 fully saturated rings. The van der Waals surface area contributed by atoms with Crippen molar-refractivity contribution in [2.45, 2.75) is 31.3 Å². The highest BCUT2D eigenvalue weighted by molar-refractivity contribution is 5.95. The number of aliphatic carboxylic acids is 1. The molecule has 2 saturated heterocycles. The monoisotopic (exact) mass is 299 g/mol. The van der Waals surface area contributed by atoms with Gasteiger partial charge in [0.2, 0.25) is 0 Å². The topological polar surface area (TPSA) is 99.2 Å². The smallest absolute Gasteiger partial charge is 0.329 e. The molecule has 0 aliphatic carbocycles. The molecular formula is C13H21N3O5. The maximum absolute atomic E-state index is 12.0. The lowest BCUT2D eigenvalue weighted by Crippen LogP contribution is -2.47. The molecule has 0 aromatic carbocycles. The fraction of sp³-hybridized carbons (Fsp3) is 0.769. The number of hydrogen-bond donors (Lipinski definition) is 2. The first-order valence-corrected chi connectivity index (χ1v) is 7.07. The third-order valence-electron chi connectivity index (χ3n) is 4.14. The van der Waals surface area contributed by atoms with E-state index in [0.29, 0.717) is 25.2 Å². The number of likely N-dealkylation sites (N-methyl/N-ethyl adjacent to an activating group) is 1. The molecule has 21 heavy (non-hydrogen) atoms. The number of fused-ring (bicyclic) bond motifs is 2. The van der Waals surface area contributed by atoms with E-state index in [4.69, 9.17) is 5.11 Å². The lowest BCUT2D eigenvalue weighted by atomic mass is 10.1. The second kappa shape index (κ2) is 6.86. The second-order valence-electron chi connectivity index (χ2n) is 5.53. The molecule has 8 nitrogen and oxygen atoms in total. The summed E-state index contributed by atoms with van der Waals surface area (Å²) in [6.45, 7) is 0.250. The largest absolute Gasteiger partial charge is 0.480 e. The fourth-order valence-electron chi connectivity index (χ4n) is 2.96. The Kier molecular flexibility index (Phi) is 5.13. The van der Waals surface area contributed by atoms with E-state index < -0.39 is 31.1 Å². The molecule has 0 aromatic rings. The van der Waals surface area contributed by atoms with Crippen molar-refractivity contribution in [3.8, 4) is 0 Å². The molecule has 2 atom stereocenters. The number of ether oxygens (including phenoxy) is 1. The molecule has 0 saturated carbocycles. The van der Waals surface area contributed by atoms with Crippen molar-refractivity contribution in [1.29, 1.82) is 0 Å². The van der Waals surface area contributed by atoms with Crippen molar-refractivity contribution in [3.05, 3.63) is 0 Å². The molecule has 0 radical (unpaired) electrons. The van der Waals surface area contributed by atoms with Crippen molar-refractivity contribution in [1.82, 2.24) is 15.1 Å². The number of urea groups is 1. The number of carboxylic acids is 1. The fourth-order valence-corrected chi connectivity index (χ4v) is 2.96. The highest BCUT2D eigenvalue weighted by Gasteiger charge is 2.36. The van der Waals surface area contributed by atoms with Gasteiger partial charge in [0.1, 0.15) is 13.2 Å². The van der Waals surface area contributed by atoms with Gasteiger partial charge in [0, 0.05) is 25.2 Å². The van der Waals surface area contributed by atoms with E-state index in [1.165, 1.54) is 6.42 Å². The Morgan fingerprint density at radius 2 is 1.90 bits per heavy atom. The van der Waals surface area contributed by atoms with Crippen LogP contribution in [0.15, 0.2) is 0 Å². The minimum Gasteiger partial charge on any atom is -0.480 e. The lowest BCUT2D eigenvalue weighted by molar-refractivity contribution is -0.143. The quantitative estimate of drug-likeness (QED) is 0.725. The van der Waals surface area contributed by atoms with Crippen LogP contribution in [0.5, 0.6) is 0 Å². The Balaban J connectivity index is 1.78. The summed E-state index contributed by atoms with van der Waals surface area (Å²) < 4.78 is 4.65. The predicted molar refractivity (Wildman–Crippen MR) is 72.8 cm³/mol. The van der Waals surface area contributed by atoms with Crippen molar-refractivity contribution in [3.63, 3.8) is 0 Å². The number of amides is 3. The molecule has 2 aliphatic heterocycles. The van der Waals surface area contributed by atoms with Crippen LogP contribution >= 0.6 is 0 Å². The van der Waals surface area contributed by atoms with E-state index >= 15 is 0 Å². The van der Waals surface area contributed by atoms with Crippen molar-refractivity contribution < 1.29 is 24.2 Å². The number of carboxylic acid groups (broad SMARTS) is 1. The van der Waals surface area contributed by atoms with E-state index in [1.54, 1.807) is 4.90 Å². The zero-order valence-corrected chi connectivity index (χ0v) is 12.1. The summed E-state index contributed by atoms with van der Waals surface area (Å²) in [6, 6.07) is 0.434. The Morgan fingerprint density at radius 1 is 1.19 bits per heavy atom. The van der Waals surface area contributed by atoms with Crippen LogP contribution < -0.4 is 5.32 Å². The number of nitrogens with one attached hydrogen (secondary N) is 1. The van der Waals surface area contributed by atoms with Crippen LogP contribution in [-0.2, 0) is 14.3 Å². The van der Waals surface area contributed by atoms with Gasteiger partial charge >= 0.3 is 12.0 Å². The lowest BCUT2D eigenvalue weighted by Gasteiger charge is -2.25. The number of carbonyl (C=O) groups is 3. The van der Waals surface area contributed by atoms with Crippen LogP contribution in [0.3, 0.4) is 0 Å². The highest BCUT2D eigenvalue weighted by Crippen LogP contribution is 2.28. The Bertz CT molecular complexity index is 428. The maximum atomic E-state index is 12.0. The first kappa shape index (κ1) is 15.7. The minimum absolute atomic E-state index is 0.349. The van der Waals surface area contributed by atoms with Crippen LogP contribution in [0.1, 0.15) is 19.3 Å². The normalized spacial score (nSPS) is 25.5. The molecule has 0 spiro atoms. The summed E-state index contributed by atoms with van der Waals surface area (Å²) >= 11 is 0. The van der Waals surface area contributed by atoms with E-state index in [2.05, 4.69) is 22.0 Å². The van der Waals surface area contributed by atoms with Crippen molar-refractivity contribution >= 4 is 17.9 Å². The molecule has 2 heterocycles. The third kappa shape index (κ3) is 4.15. The predicted octanol–water partition coefficient (Wildman–Crippen LogP) is -0.508. The summed E-state index contributed by atoms with van der Waals surface area (Å²) in [6.07, 6.45) is 3.14. The average molecular weight is 299 g/mol. The van der Waals surface area contributed by atoms with Gasteiger partial charge in [-0.1, -0.05) is 0 Å². The number of hydrogen-bond acceptors (Lipinski definition) is 5. The summed E-state index contributed by atoms with van der Waals surface area (Å²) in [5.41, 5.74) is 0. The molecule has 3 amide bonds. The van der Waals surface area contributed by atoms with Gasteiger partial charge in [-0.25, -0.2) is 9.59 Å². The number of carbonyl (C=O) groups excluding carboxylic acids is 2. The van der Waals surface area contributed by atoms with E-state index in [9.17, 15) is 14.4 Å². The molecule has 2 bridgehead atoms. The summed E-state index contributed by atoms with van der Waals surface area (Å²) in [7, 11) is 2.08. The zero-order chi connectivity index (χ0) is 15.4. The van der Waals surface area contributed by atoms with E-state index in [0.717, 1.165) is 12.8 Å². The SMILES string of the molecule is CN1C2CCC1CN(C(=O)NC(=O)COCC(=O)O)CC2. The maximum Gasteiger partial charge on any atom is 0.329 e. The molecule has 8 heteroatoms. The number of likely N-dealkylation sites (tertiary alicyclic amines) is 1. The highest BCUT2D eigenvalue weighted by atomic mass is 16.5. The van der Waals surface area contributed by atoms with Gasteiger partial charge in [-0.3, -0.25) is 15.0 Å². The van der Waals surface area contributed by atoms with E-state index in [1.807, 2.05) is 0 Å². The molecule has 118 valence electrons. The first-order chi connectivity index (χ1) is 9.97. The van der Waals surface area contributed by atoms with E-state index in [-0.39, 0.29) is 0 Å². The van der Waals surface area contributed by atoms with Crippen molar-refractivity contribution in [2.75, 3.05) is 33.4 Å². The summed E-state index contributed by atoms with van der Waals surface area (Å²) in [4.78, 5) is 37.8. The van der Waals surface area contributed by atoms with Crippen LogP contribution in [0.2, 0.25) is 0 Å². The van der Waals surface area contributed by atoms with Gasteiger partial charge in [0.25, 0.3) is 5.91 Å². The van der Waals surface area contributed by atoms with Crippen LogP contribution in [0.4, 0.5) is 4.79 Å². The second-order valence-corrected chi connectivity index (χ2v) is 5.53. The molecule has 2 rings (SSSR count). The Morgan fingerprint density at radius 3 is 2.62 bits per heavy atom. The number of nitrogens with zero attached hydrogens (tertiary/aromatic N) is 2. The summed E-state index contributed by atoms with van der Waals surface area (Å²) in [5, 5.41) is 10.6. The van der Waals surface area contributed by atoms with Gasteiger partial charge in [0.15, 0.2) is 0 Å². The molecule has 2 aliphatic rings. The standard InChI is InChI=1S/C13H21N3O5/c1-15-9-2-3-10(15)6-16(5-4-9)13(20)14-11(17)7-21-8-12(18)19/h9-10H,2-8H2,1H3,(H,18,19)(H,14,17,20). The van der Waals surface area contributed by atoms with Gasteiger partial charge in [-0.15, -0.1) is 0 Å². The van der Waals surface area contributed by atoms with Crippen LogP contribution in [0, 0.1) is 0 Å². The average Bonchev–Trinajstić information content (AvgIpc) is 2.62. The molecule has 0 aromatic heterocycles.